The minimum atomic E-state index is -1.85. The molecule has 0 saturated carbocycles. The lowest BCUT2D eigenvalue weighted by molar-refractivity contribution is -0.142. The third-order valence-electron chi connectivity index (χ3n) is 5.36. The van der Waals surface area contributed by atoms with Gasteiger partial charge < -0.3 is 30.5 Å². The van der Waals surface area contributed by atoms with Crippen molar-refractivity contribution >= 4 is 24.0 Å². The maximum absolute atomic E-state index is 12.9. The maximum atomic E-state index is 12.9. The Balaban J connectivity index is 2.07. The molecule has 2 rings (SSSR count). The van der Waals surface area contributed by atoms with Gasteiger partial charge in [-0.15, -0.1) is 0 Å². The first-order valence-electron chi connectivity index (χ1n) is 11.2. The highest BCUT2D eigenvalue weighted by Gasteiger charge is 2.30. The zero-order valence-corrected chi connectivity index (χ0v) is 19.6. The highest BCUT2D eigenvalue weighted by molar-refractivity contribution is 5.74. The minimum absolute atomic E-state index is 0.0631. The molecular weight excluding hydrogens is 494 g/mol. The van der Waals surface area contributed by atoms with E-state index in [1.165, 1.54) is 0 Å². The number of nitrogens with one attached hydrogen (secondary N) is 1. The number of hydrogen-bond acceptors (Lipinski definition) is 8. The third kappa shape index (κ3) is 8.23. The van der Waals surface area contributed by atoms with Crippen LogP contribution in [0, 0.1) is 0 Å². The lowest BCUT2D eigenvalue weighted by Gasteiger charge is -2.20. The molecule has 0 aliphatic heterocycles. The van der Waals surface area contributed by atoms with Crippen LogP contribution < -0.4 is 16.6 Å². The number of alkyl carbamates (subject to hydrolysis) is 1. The molecule has 14 nitrogen and oxygen atoms in total. The van der Waals surface area contributed by atoms with Gasteiger partial charge in [-0.1, -0.05) is 30.3 Å². The Hall–Kier alpha value is -4.62. The highest BCUT2D eigenvalue weighted by atomic mass is 16.5. The summed E-state index contributed by atoms with van der Waals surface area (Å²) in [6.45, 7) is 0.179. The molecule has 2 atom stereocenters. The third-order valence-corrected chi connectivity index (χ3v) is 5.36. The van der Waals surface area contributed by atoms with Crippen LogP contribution in [-0.2, 0) is 25.7 Å². The maximum Gasteiger partial charge on any atom is 0.407 e. The summed E-state index contributed by atoms with van der Waals surface area (Å²) in [7, 11) is 0. The van der Waals surface area contributed by atoms with E-state index in [1.54, 1.807) is 24.3 Å². The molecule has 0 bridgehead atoms. The topological polar surface area (TPSA) is 214 Å². The standard InChI is InChI=1S/C23H27N3O11/c27-17-12-18(28)26(16(21(33)34)9-10-19(29)30)23(36)25(17)15(20(31)32)8-4-5-11-24-22(35)37-13-14-6-2-1-3-7-14/h1-3,6-7,12,15-16,28H,4-5,8-11,13H2,(H,24,35)(H,29,30)(H,31,32)(H,33,34). The lowest BCUT2D eigenvalue weighted by Crippen LogP contribution is -2.46. The van der Waals surface area contributed by atoms with Gasteiger partial charge in [-0.2, -0.15) is 0 Å². The smallest absolute Gasteiger partial charge is 0.407 e. The van der Waals surface area contributed by atoms with Gasteiger partial charge in [-0.05, 0) is 31.2 Å². The first kappa shape index (κ1) is 28.6. The van der Waals surface area contributed by atoms with E-state index in [0.29, 0.717) is 10.6 Å². The summed E-state index contributed by atoms with van der Waals surface area (Å²) in [4.78, 5) is 71.5. The van der Waals surface area contributed by atoms with Gasteiger partial charge in [0.05, 0.1) is 6.07 Å². The summed E-state index contributed by atoms with van der Waals surface area (Å²) in [5.74, 6) is -5.59. The Kier molecular flexibility index (Phi) is 10.4. The molecule has 1 aromatic carbocycles. The van der Waals surface area contributed by atoms with Crippen molar-refractivity contribution in [3.8, 4) is 5.88 Å². The molecular formula is C23H27N3O11. The Morgan fingerprint density at radius 3 is 2.11 bits per heavy atom. The normalized spacial score (nSPS) is 12.3. The number of aliphatic carboxylic acids is 3. The Morgan fingerprint density at radius 2 is 1.51 bits per heavy atom. The highest BCUT2D eigenvalue weighted by Crippen LogP contribution is 2.19. The number of rotatable bonds is 14. The number of aromatic hydroxyl groups is 1. The second-order valence-electron chi connectivity index (χ2n) is 7.99. The summed E-state index contributed by atoms with van der Waals surface area (Å²) in [6.07, 6.45) is -1.77. The van der Waals surface area contributed by atoms with Gasteiger partial charge >= 0.3 is 29.7 Å². The fraction of sp³-hybridized carbons (Fsp3) is 0.391. The molecule has 37 heavy (non-hydrogen) atoms. The lowest BCUT2D eigenvalue weighted by atomic mass is 10.1. The molecule has 0 aliphatic carbocycles. The van der Waals surface area contributed by atoms with E-state index in [0.717, 1.165) is 5.56 Å². The zero-order valence-electron chi connectivity index (χ0n) is 19.6. The molecule has 1 aromatic heterocycles. The quantitative estimate of drug-likeness (QED) is 0.220. The number of hydrogen-bond donors (Lipinski definition) is 5. The molecule has 0 saturated heterocycles. The largest absolute Gasteiger partial charge is 0.494 e. The monoisotopic (exact) mass is 521 g/mol. The van der Waals surface area contributed by atoms with Crippen molar-refractivity contribution in [1.29, 1.82) is 0 Å². The molecule has 200 valence electrons. The average Bonchev–Trinajstić information content (AvgIpc) is 2.83. The molecule has 1 heterocycles. The van der Waals surface area contributed by atoms with Crippen molar-refractivity contribution in [1.82, 2.24) is 14.5 Å². The fourth-order valence-corrected chi connectivity index (χ4v) is 3.55. The van der Waals surface area contributed by atoms with Crippen molar-refractivity contribution in [2.24, 2.45) is 0 Å². The predicted octanol–water partition coefficient (Wildman–Crippen LogP) is 0.928. The number of ether oxygens (including phenoxy) is 1. The van der Waals surface area contributed by atoms with Crippen LogP contribution in [0.15, 0.2) is 46.0 Å². The van der Waals surface area contributed by atoms with Crippen molar-refractivity contribution in [3.63, 3.8) is 0 Å². The van der Waals surface area contributed by atoms with Gasteiger partial charge in [0.15, 0.2) is 0 Å². The van der Waals surface area contributed by atoms with Crippen LogP contribution in [0.5, 0.6) is 5.88 Å². The van der Waals surface area contributed by atoms with E-state index in [9.17, 15) is 44.1 Å². The van der Waals surface area contributed by atoms with Crippen molar-refractivity contribution in [3.05, 3.63) is 62.8 Å². The molecule has 0 aliphatic rings. The van der Waals surface area contributed by atoms with Crippen molar-refractivity contribution in [2.75, 3.05) is 6.54 Å². The van der Waals surface area contributed by atoms with Crippen LogP contribution >= 0.6 is 0 Å². The van der Waals surface area contributed by atoms with E-state index in [-0.39, 0.29) is 37.0 Å². The molecule has 14 heteroatoms. The SMILES string of the molecule is O=C(O)CCC(C(=O)O)n1c(O)cc(=O)n(C(CCCCNC(=O)OCc2ccccc2)C(=O)O)c1=O. The minimum Gasteiger partial charge on any atom is -0.494 e. The second-order valence-corrected chi connectivity index (χ2v) is 7.99. The van der Waals surface area contributed by atoms with Crippen LogP contribution in [0.25, 0.3) is 0 Å². The van der Waals surface area contributed by atoms with Gasteiger partial charge in [0.1, 0.15) is 18.7 Å². The Bertz CT molecular complexity index is 1240. The molecule has 0 fully saturated rings. The van der Waals surface area contributed by atoms with E-state index < -0.39 is 66.1 Å². The first-order chi connectivity index (χ1) is 17.5. The van der Waals surface area contributed by atoms with Gasteiger partial charge in [0.25, 0.3) is 5.56 Å². The van der Waals surface area contributed by atoms with E-state index in [2.05, 4.69) is 5.32 Å². The van der Waals surface area contributed by atoms with Crippen LogP contribution in [0.1, 0.15) is 49.8 Å². The summed E-state index contributed by atoms with van der Waals surface area (Å²) < 4.78 is 5.64. The van der Waals surface area contributed by atoms with E-state index in [4.69, 9.17) is 9.84 Å². The van der Waals surface area contributed by atoms with Gasteiger partial charge in [-0.25, -0.2) is 28.3 Å². The van der Waals surface area contributed by atoms with E-state index >= 15 is 0 Å². The Labute approximate surface area is 209 Å². The first-order valence-corrected chi connectivity index (χ1v) is 11.2. The molecule has 1 amide bonds. The molecule has 0 spiro atoms. The van der Waals surface area contributed by atoms with Crippen molar-refractivity contribution < 1.29 is 44.3 Å². The summed E-state index contributed by atoms with van der Waals surface area (Å²) in [6, 6.07) is 5.91. The number of carbonyl (C=O) groups is 4. The summed E-state index contributed by atoms with van der Waals surface area (Å²) >= 11 is 0. The van der Waals surface area contributed by atoms with Crippen LogP contribution in [0.2, 0.25) is 0 Å². The fourth-order valence-electron chi connectivity index (χ4n) is 3.55. The number of aromatic nitrogens is 2. The van der Waals surface area contributed by atoms with Crippen LogP contribution in [0.3, 0.4) is 0 Å². The summed E-state index contributed by atoms with van der Waals surface area (Å²) in [5, 5.41) is 40.4. The number of amides is 1. The zero-order chi connectivity index (χ0) is 27.5. The number of carboxylic acids is 3. The average molecular weight is 521 g/mol. The number of unbranched alkanes of at least 4 members (excludes halogenated alkanes) is 1. The van der Waals surface area contributed by atoms with Crippen LogP contribution in [0.4, 0.5) is 4.79 Å². The predicted molar refractivity (Wildman–Crippen MR) is 125 cm³/mol. The van der Waals surface area contributed by atoms with Gasteiger partial charge in [-0.3, -0.25) is 9.59 Å². The number of carbonyl (C=O) groups excluding carboxylic acids is 1. The molecule has 5 N–H and O–H groups in total. The number of nitrogens with zero attached hydrogens (tertiary/aromatic N) is 2. The molecule has 2 aromatic rings. The summed E-state index contributed by atoms with van der Waals surface area (Å²) in [5.41, 5.74) is -1.78. The van der Waals surface area contributed by atoms with E-state index in [1.807, 2.05) is 6.07 Å². The second kappa shape index (κ2) is 13.5. The number of carboxylic acid groups (broad SMARTS) is 3. The van der Waals surface area contributed by atoms with Gasteiger partial charge in [0.2, 0.25) is 5.88 Å². The molecule has 0 radical (unpaired) electrons. The Morgan fingerprint density at radius 1 is 0.892 bits per heavy atom. The van der Waals surface area contributed by atoms with Crippen molar-refractivity contribution in [2.45, 2.75) is 50.8 Å². The van der Waals surface area contributed by atoms with Gasteiger partial charge in [0, 0.05) is 13.0 Å². The molecule has 2 unspecified atom stereocenters. The van der Waals surface area contributed by atoms with Crippen LogP contribution in [-0.4, -0.2) is 60.1 Å². The number of benzene rings is 1.